The molecule has 0 spiro atoms. The number of rotatable bonds is 11. The maximum Gasteiger partial charge on any atom is 0.244 e. The first-order valence-electron chi connectivity index (χ1n) is 11.9. The molecule has 1 N–H and O–H groups in total. The van der Waals surface area contributed by atoms with Gasteiger partial charge in [0.05, 0.1) is 11.9 Å². The highest BCUT2D eigenvalue weighted by molar-refractivity contribution is 7.92. The molecule has 0 saturated carbocycles. The number of carbonyl (C=O) groups excluding carboxylic acids is 3. The fourth-order valence-electron chi connectivity index (χ4n) is 4.00. The number of halogens is 1. The lowest BCUT2D eigenvalue weighted by molar-refractivity contribution is -0.139. The van der Waals surface area contributed by atoms with E-state index in [0.29, 0.717) is 16.1 Å². The second kappa shape index (κ2) is 12.7. The van der Waals surface area contributed by atoms with Crippen molar-refractivity contribution in [1.29, 1.82) is 0 Å². The van der Waals surface area contributed by atoms with Crippen molar-refractivity contribution in [1.82, 2.24) is 10.2 Å². The van der Waals surface area contributed by atoms with Gasteiger partial charge in [0.2, 0.25) is 21.8 Å². The molecule has 10 heteroatoms. The van der Waals surface area contributed by atoms with E-state index in [9.17, 15) is 22.8 Å². The lowest BCUT2D eigenvalue weighted by Gasteiger charge is -2.33. The summed E-state index contributed by atoms with van der Waals surface area (Å²) in [4.78, 5) is 40.2. The van der Waals surface area contributed by atoms with Gasteiger partial charge < -0.3 is 10.2 Å². The van der Waals surface area contributed by atoms with Gasteiger partial charge in [-0.05, 0) is 42.3 Å². The van der Waals surface area contributed by atoms with E-state index in [4.69, 9.17) is 11.6 Å². The second-order valence-corrected chi connectivity index (χ2v) is 11.2. The van der Waals surface area contributed by atoms with Crippen molar-refractivity contribution >= 4 is 44.9 Å². The van der Waals surface area contributed by atoms with Crippen LogP contribution in [-0.4, -0.2) is 56.8 Å². The molecule has 1 atom stereocenters. The summed E-state index contributed by atoms with van der Waals surface area (Å²) in [6.45, 7) is 0.864. The van der Waals surface area contributed by atoms with E-state index in [-0.39, 0.29) is 30.3 Å². The highest BCUT2D eigenvalue weighted by Crippen LogP contribution is 2.22. The summed E-state index contributed by atoms with van der Waals surface area (Å²) in [6.07, 6.45) is 1.21. The van der Waals surface area contributed by atoms with Gasteiger partial charge in [0.25, 0.3) is 0 Å². The zero-order valence-electron chi connectivity index (χ0n) is 21.4. The minimum Gasteiger partial charge on any atom is -0.357 e. The number of hydrogen-bond donors (Lipinski definition) is 1. The molecule has 0 saturated heterocycles. The molecule has 0 aliphatic carbocycles. The Balaban J connectivity index is 2.03. The Hall–Kier alpha value is -3.69. The van der Waals surface area contributed by atoms with Crippen LogP contribution in [0.5, 0.6) is 0 Å². The molecule has 0 radical (unpaired) electrons. The Morgan fingerprint density at radius 2 is 1.58 bits per heavy atom. The predicted molar refractivity (Wildman–Crippen MR) is 149 cm³/mol. The van der Waals surface area contributed by atoms with E-state index in [1.807, 2.05) is 30.3 Å². The Morgan fingerprint density at radius 1 is 0.921 bits per heavy atom. The van der Waals surface area contributed by atoms with Crippen LogP contribution in [-0.2, 0) is 32.6 Å². The van der Waals surface area contributed by atoms with Gasteiger partial charge in [-0.1, -0.05) is 66.2 Å². The number of nitrogens with one attached hydrogen (secondary N) is 1. The standard InChI is InChI=1S/C28H30ClN3O5S/c1-20(33)23-10-7-11-25(17-23)32(38(3,36)37)19-27(34)31(18-22-12-14-24(29)15-13-22)26(28(35)30-2)16-21-8-5-4-6-9-21/h4-15,17,26H,16,18-19H2,1-3H3,(H,30,35). The average molecular weight is 556 g/mol. The van der Waals surface area contributed by atoms with E-state index in [1.165, 1.54) is 31.0 Å². The van der Waals surface area contributed by atoms with Gasteiger partial charge in [-0.25, -0.2) is 8.42 Å². The average Bonchev–Trinajstić information content (AvgIpc) is 2.89. The number of benzene rings is 3. The molecule has 8 nitrogen and oxygen atoms in total. The molecule has 0 bridgehead atoms. The maximum absolute atomic E-state index is 13.9. The maximum atomic E-state index is 13.9. The number of amides is 2. The molecule has 3 aromatic rings. The van der Waals surface area contributed by atoms with Gasteiger partial charge in [-0.3, -0.25) is 18.7 Å². The van der Waals surface area contributed by atoms with E-state index in [2.05, 4.69) is 5.32 Å². The van der Waals surface area contributed by atoms with Crippen LogP contribution < -0.4 is 9.62 Å². The highest BCUT2D eigenvalue weighted by atomic mass is 35.5. The number of anilines is 1. The summed E-state index contributed by atoms with van der Waals surface area (Å²) in [5.41, 5.74) is 2.05. The third kappa shape index (κ3) is 7.66. The van der Waals surface area contributed by atoms with Crippen LogP contribution in [0.2, 0.25) is 5.02 Å². The summed E-state index contributed by atoms with van der Waals surface area (Å²) in [7, 11) is -2.43. The van der Waals surface area contributed by atoms with E-state index in [0.717, 1.165) is 16.1 Å². The number of likely N-dealkylation sites (N-methyl/N-ethyl adjacent to an activating group) is 1. The number of carbonyl (C=O) groups is 3. The number of nitrogens with zero attached hydrogens (tertiary/aromatic N) is 2. The Kier molecular flexibility index (Phi) is 9.66. The molecular weight excluding hydrogens is 526 g/mol. The fourth-order valence-corrected chi connectivity index (χ4v) is 4.97. The first-order valence-corrected chi connectivity index (χ1v) is 14.1. The number of Topliss-reactive ketones (excluding diaryl/α,β-unsaturated/α-hetero) is 1. The van der Waals surface area contributed by atoms with E-state index >= 15 is 0 Å². The summed E-state index contributed by atoms with van der Waals surface area (Å²) < 4.78 is 26.5. The van der Waals surface area contributed by atoms with Crippen LogP contribution in [0.4, 0.5) is 5.69 Å². The molecule has 3 aromatic carbocycles. The third-order valence-electron chi connectivity index (χ3n) is 6.00. The third-order valence-corrected chi connectivity index (χ3v) is 7.40. The summed E-state index contributed by atoms with van der Waals surface area (Å²) in [5, 5.41) is 3.15. The number of hydrogen-bond acceptors (Lipinski definition) is 5. The summed E-state index contributed by atoms with van der Waals surface area (Å²) in [6, 6.07) is 21.3. The Labute approximate surface area is 228 Å². The largest absolute Gasteiger partial charge is 0.357 e. The van der Waals surface area contributed by atoms with Gasteiger partial charge in [-0.2, -0.15) is 0 Å². The normalized spacial score (nSPS) is 11.9. The van der Waals surface area contributed by atoms with Crippen molar-refractivity contribution in [2.45, 2.75) is 25.9 Å². The van der Waals surface area contributed by atoms with E-state index < -0.39 is 28.5 Å². The highest BCUT2D eigenvalue weighted by Gasteiger charge is 2.32. The van der Waals surface area contributed by atoms with Gasteiger partial charge in [-0.15, -0.1) is 0 Å². The van der Waals surface area contributed by atoms with Crippen LogP contribution >= 0.6 is 11.6 Å². The van der Waals surface area contributed by atoms with Gasteiger partial charge in [0, 0.05) is 30.6 Å². The minimum absolute atomic E-state index is 0.0476. The van der Waals surface area contributed by atoms with Gasteiger partial charge in [0.15, 0.2) is 5.78 Å². The first kappa shape index (κ1) is 28.9. The Morgan fingerprint density at radius 3 is 2.16 bits per heavy atom. The minimum atomic E-state index is -3.92. The predicted octanol–water partition coefficient (Wildman–Crippen LogP) is 3.69. The smallest absolute Gasteiger partial charge is 0.244 e. The van der Waals surface area contributed by atoms with E-state index in [1.54, 1.807) is 36.4 Å². The molecule has 3 rings (SSSR count). The van der Waals surface area contributed by atoms with Crippen molar-refractivity contribution in [3.05, 3.63) is 101 Å². The van der Waals surface area contributed by atoms with Gasteiger partial charge in [0.1, 0.15) is 12.6 Å². The van der Waals surface area contributed by atoms with Crippen LogP contribution in [0.15, 0.2) is 78.9 Å². The Bertz CT molecular complexity index is 1400. The number of sulfonamides is 1. The van der Waals surface area contributed by atoms with Gasteiger partial charge >= 0.3 is 0 Å². The molecule has 0 heterocycles. The topological polar surface area (TPSA) is 104 Å². The zero-order valence-corrected chi connectivity index (χ0v) is 23.0. The van der Waals surface area contributed by atoms with Crippen molar-refractivity contribution in [2.75, 3.05) is 24.2 Å². The lowest BCUT2D eigenvalue weighted by Crippen LogP contribution is -2.52. The monoisotopic (exact) mass is 555 g/mol. The fraction of sp³-hybridized carbons (Fsp3) is 0.250. The van der Waals surface area contributed by atoms with Crippen LogP contribution in [0, 0.1) is 0 Å². The van der Waals surface area contributed by atoms with Crippen molar-refractivity contribution < 1.29 is 22.8 Å². The zero-order chi connectivity index (χ0) is 27.9. The second-order valence-electron chi connectivity index (χ2n) is 8.84. The molecule has 200 valence electrons. The first-order chi connectivity index (χ1) is 18.0. The molecule has 38 heavy (non-hydrogen) atoms. The molecule has 0 aliphatic rings. The SMILES string of the molecule is CNC(=O)C(Cc1ccccc1)N(Cc1ccc(Cl)cc1)C(=O)CN(c1cccc(C(C)=O)c1)S(C)(=O)=O. The lowest BCUT2D eigenvalue weighted by atomic mass is 10.0. The molecular formula is C28H30ClN3O5S. The van der Waals surface area contributed by atoms with Crippen LogP contribution in [0.1, 0.15) is 28.4 Å². The molecule has 0 aromatic heterocycles. The molecule has 1 unspecified atom stereocenters. The van der Waals surface area contributed by atoms with Crippen molar-refractivity contribution in [2.24, 2.45) is 0 Å². The van der Waals surface area contributed by atoms with Crippen molar-refractivity contribution in [3.63, 3.8) is 0 Å². The van der Waals surface area contributed by atoms with Crippen LogP contribution in [0.3, 0.4) is 0 Å². The summed E-state index contributed by atoms with van der Waals surface area (Å²) >= 11 is 6.03. The van der Waals surface area contributed by atoms with Crippen LogP contribution in [0.25, 0.3) is 0 Å². The number of ketones is 1. The summed E-state index contributed by atoms with van der Waals surface area (Å²) in [5.74, 6) is -1.21. The quantitative estimate of drug-likeness (QED) is 0.363. The van der Waals surface area contributed by atoms with Crippen molar-refractivity contribution in [3.8, 4) is 0 Å². The molecule has 2 amide bonds. The molecule has 0 aliphatic heterocycles. The molecule has 0 fully saturated rings.